The molecule has 2 aliphatic rings. The van der Waals surface area contributed by atoms with Crippen LogP contribution in [0.5, 0.6) is 0 Å². The number of likely N-dealkylation sites (tertiary alicyclic amines) is 1. The summed E-state index contributed by atoms with van der Waals surface area (Å²) in [6.45, 7) is 14.2. The number of carbonyl (C=O) groups excluding carboxylic acids is 1. The van der Waals surface area contributed by atoms with E-state index in [1.54, 1.807) is 0 Å². The van der Waals surface area contributed by atoms with Gasteiger partial charge in [0, 0.05) is 37.5 Å². The van der Waals surface area contributed by atoms with Crippen molar-refractivity contribution in [3.05, 3.63) is 29.3 Å². The SMILES string of the molecule is CCOC1CC2(CCN(C(=O)c3cccc(NCC(C)(C)C)c3C)C2)C1. The molecule has 0 aromatic heterocycles. The van der Waals surface area contributed by atoms with Crippen LogP contribution in [0.3, 0.4) is 0 Å². The van der Waals surface area contributed by atoms with Gasteiger partial charge in [-0.25, -0.2) is 0 Å². The number of nitrogens with one attached hydrogen (secondary N) is 1. The average Bonchev–Trinajstić information content (AvgIpc) is 2.98. The predicted molar refractivity (Wildman–Crippen MR) is 107 cm³/mol. The van der Waals surface area contributed by atoms with Gasteiger partial charge in [-0.1, -0.05) is 26.8 Å². The van der Waals surface area contributed by atoms with Crippen LogP contribution >= 0.6 is 0 Å². The Balaban J connectivity index is 1.65. The zero-order valence-electron chi connectivity index (χ0n) is 17.0. The van der Waals surface area contributed by atoms with Gasteiger partial charge in [0.2, 0.25) is 0 Å². The van der Waals surface area contributed by atoms with Crippen LogP contribution in [-0.4, -0.2) is 43.2 Å². The quantitative estimate of drug-likeness (QED) is 0.843. The second-order valence-electron chi connectivity index (χ2n) is 9.35. The molecule has 1 spiro atoms. The molecule has 1 amide bonds. The first kappa shape index (κ1) is 19.2. The molecular weight excluding hydrogens is 324 g/mol. The zero-order valence-corrected chi connectivity index (χ0v) is 17.0. The first-order chi connectivity index (χ1) is 12.2. The molecule has 4 nitrogen and oxygen atoms in total. The summed E-state index contributed by atoms with van der Waals surface area (Å²) in [5.41, 5.74) is 3.48. The number of anilines is 1. The Hall–Kier alpha value is -1.55. The Morgan fingerprint density at radius 2 is 2.08 bits per heavy atom. The first-order valence-corrected chi connectivity index (χ1v) is 9.97. The van der Waals surface area contributed by atoms with Gasteiger partial charge in [0.25, 0.3) is 5.91 Å². The van der Waals surface area contributed by atoms with Crippen molar-refractivity contribution in [2.24, 2.45) is 10.8 Å². The molecule has 0 radical (unpaired) electrons. The Bertz CT molecular complexity index is 657. The van der Waals surface area contributed by atoms with Crippen molar-refractivity contribution in [2.75, 3.05) is 31.6 Å². The van der Waals surface area contributed by atoms with E-state index < -0.39 is 0 Å². The largest absolute Gasteiger partial charge is 0.384 e. The van der Waals surface area contributed by atoms with Crippen LogP contribution in [0, 0.1) is 17.8 Å². The molecule has 1 aromatic rings. The van der Waals surface area contributed by atoms with Gasteiger partial charge in [0.15, 0.2) is 0 Å². The van der Waals surface area contributed by atoms with Crippen LogP contribution in [0.1, 0.15) is 62.9 Å². The number of hydrogen-bond acceptors (Lipinski definition) is 3. The van der Waals surface area contributed by atoms with Crippen molar-refractivity contribution < 1.29 is 9.53 Å². The monoisotopic (exact) mass is 358 g/mol. The first-order valence-electron chi connectivity index (χ1n) is 9.97. The lowest BCUT2D eigenvalue weighted by Gasteiger charge is -2.44. The number of rotatable bonds is 5. The summed E-state index contributed by atoms with van der Waals surface area (Å²) in [7, 11) is 0. The summed E-state index contributed by atoms with van der Waals surface area (Å²) in [6, 6.07) is 6.03. The number of carbonyl (C=O) groups is 1. The molecule has 0 bridgehead atoms. The standard InChI is InChI=1S/C22H34N2O2/c1-6-26-17-12-22(13-17)10-11-24(15-22)20(25)18-8-7-9-19(16(18)2)23-14-21(3,4)5/h7-9,17,23H,6,10-15H2,1-5H3. The van der Waals surface area contributed by atoms with Crippen LogP contribution in [0.25, 0.3) is 0 Å². The molecule has 1 N–H and O–H groups in total. The van der Waals surface area contributed by atoms with E-state index in [0.717, 1.165) is 62.3 Å². The minimum atomic E-state index is 0.179. The summed E-state index contributed by atoms with van der Waals surface area (Å²) >= 11 is 0. The highest BCUT2D eigenvalue weighted by molar-refractivity contribution is 5.97. The van der Waals surface area contributed by atoms with Crippen molar-refractivity contribution in [1.82, 2.24) is 4.90 Å². The highest BCUT2D eigenvalue weighted by Gasteiger charge is 2.49. The van der Waals surface area contributed by atoms with E-state index in [-0.39, 0.29) is 11.3 Å². The molecule has 26 heavy (non-hydrogen) atoms. The van der Waals surface area contributed by atoms with Crippen LogP contribution in [0.2, 0.25) is 0 Å². The Labute approximate surface area is 158 Å². The summed E-state index contributed by atoms with van der Waals surface area (Å²) in [4.78, 5) is 15.2. The Kier molecular flexibility index (Phi) is 5.34. The van der Waals surface area contributed by atoms with Gasteiger partial charge >= 0.3 is 0 Å². The van der Waals surface area contributed by atoms with Crippen molar-refractivity contribution in [3.8, 4) is 0 Å². The third kappa shape index (κ3) is 4.06. The maximum absolute atomic E-state index is 13.1. The molecule has 1 heterocycles. The van der Waals surface area contributed by atoms with Crippen LogP contribution in [0.15, 0.2) is 18.2 Å². The highest BCUT2D eigenvalue weighted by Crippen LogP contribution is 2.49. The summed E-state index contributed by atoms with van der Waals surface area (Å²) in [6.07, 6.45) is 3.73. The van der Waals surface area contributed by atoms with E-state index in [2.05, 4.69) is 50.9 Å². The molecule has 0 unspecified atom stereocenters. The fraction of sp³-hybridized carbons (Fsp3) is 0.682. The minimum absolute atomic E-state index is 0.179. The van der Waals surface area contributed by atoms with Crippen molar-refractivity contribution in [3.63, 3.8) is 0 Å². The average molecular weight is 359 g/mol. The summed E-state index contributed by atoms with van der Waals surface area (Å²) in [5.74, 6) is 0.179. The van der Waals surface area contributed by atoms with Crippen molar-refractivity contribution >= 4 is 11.6 Å². The molecule has 0 atom stereocenters. The molecule has 1 aromatic carbocycles. The lowest BCUT2D eigenvalue weighted by atomic mass is 9.66. The van der Waals surface area contributed by atoms with Crippen molar-refractivity contribution in [1.29, 1.82) is 0 Å². The molecule has 4 heteroatoms. The normalized spacial score (nSPS) is 25.4. The fourth-order valence-electron chi connectivity index (χ4n) is 4.29. The summed E-state index contributed by atoms with van der Waals surface area (Å²) < 4.78 is 5.72. The molecule has 1 aliphatic carbocycles. The fourth-order valence-corrected chi connectivity index (χ4v) is 4.29. The number of hydrogen-bond donors (Lipinski definition) is 1. The predicted octanol–water partition coefficient (Wildman–Crippen LogP) is 4.48. The molecule has 1 saturated carbocycles. The molecular formula is C22H34N2O2. The van der Waals surface area contributed by atoms with Crippen molar-refractivity contribution in [2.45, 2.75) is 60.0 Å². The van der Waals surface area contributed by atoms with Gasteiger partial charge in [0.05, 0.1) is 6.10 Å². The van der Waals surface area contributed by atoms with Crippen LogP contribution in [0.4, 0.5) is 5.69 Å². The van der Waals surface area contributed by atoms with E-state index in [1.807, 2.05) is 12.1 Å². The highest BCUT2D eigenvalue weighted by atomic mass is 16.5. The molecule has 1 aliphatic heterocycles. The number of nitrogens with zero attached hydrogens (tertiary/aromatic N) is 1. The Morgan fingerprint density at radius 3 is 2.73 bits per heavy atom. The second-order valence-corrected chi connectivity index (χ2v) is 9.35. The molecule has 2 fully saturated rings. The van der Waals surface area contributed by atoms with Gasteiger partial charge < -0.3 is 15.0 Å². The van der Waals surface area contributed by atoms with Gasteiger partial charge in [-0.15, -0.1) is 0 Å². The lowest BCUT2D eigenvalue weighted by molar-refractivity contribution is -0.0707. The second kappa shape index (κ2) is 7.22. The van der Waals surface area contributed by atoms with Gasteiger partial charge in [0.1, 0.15) is 0 Å². The topological polar surface area (TPSA) is 41.6 Å². The number of ether oxygens (including phenoxy) is 1. The van der Waals surface area contributed by atoms with E-state index in [1.165, 1.54) is 0 Å². The smallest absolute Gasteiger partial charge is 0.254 e. The zero-order chi connectivity index (χ0) is 18.9. The third-order valence-electron chi connectivity index (χ3n) is 5.82. The Morgan fingerprint density at radius 1 is 1.35 bits per heavy atom. The third-order valence-corrected chi connectivity index (χ3v) is 5.82. The van der Waals surface area contributed by atoms with Gasteiger partial charge in [-0.3, -0.25) is 4.79 Å². The maximum Gasteiger partial charge on any atom is 0.254 e. The minimum Gasteiger partial charge on any atom is -0.384 e. The van der Waals surface area contributed by atoms with Crippen LogP contribution < -0.4 is 5.32 Å². The molecule has 3 rings (SSSR count). The van der Waals surface area contributed by atoms with Gasteiger partial charge in [-0.05, 0) is 61.6 Å². The molecule has 1 saturated heterocycles. The lowest BCUT2D eigenvalue weighted by Crippen LogP contribution is -2.45. The van der Waals surface area contributed by atoms with E-state index in [9.17, 15) is 4.79 Å². The number of amides is 1. The van der Waals surface area contributed by atoms with E-state index >= 15 is 0 Å². The molecule has 144 valence electrons. The van der Waals surface area contributed by atoms with E-state index in [0.29, 0.717) is 11.5 Å². The summed E-state index contributed by atoms with van der Waals surface area (Å²) in [5, 5.41) is 3.51. The van der Waals surface area contributed by atoms with Crippen LogP contribution in [-0.2, 0) is 4.74 Å². The number of benzene rings is 1. The van der Waals surface area contributed by atoms with E-state index in [4.69, 9.17) is 4.74 Å². The maximum atomic E-state index is 13.1. The van der Waals surface area contributed by atoms with Gasteiger partial charge in [-0.2, -0.15) is 0 Å².